The molecule has 2 aliphatic heterocycles. The molecule has 14 heteroatoms. The van der Waals surface area contributed by atoms with Crippen molar-refractivity contribution in [1.29, 1.82) is 0 Å². The van der Waals surface area contributed by atoms with Gasteiger partial charge in [-0.3, -0.25) is 10.2 Å². The topological polar surface area (TPSA) is 132 Å². The van der Waals surface area contributed by atoms with E-state index in [1.165, 1.54) is 17.3 Å². The Labute approximate surface area is 309 Å². The number of nitrogens with one attached hydrogen (secondary N) is 1. The molecule has 1 N–H and O–H groups in total. The van der Waals surface area contributed by atoms with Crippen molar-refractivity contribution in [3.05, 3.63) is 40.9 Å². The van der Waals surface area contributed by atoms with E-state index in [9.17, 15) is 14.4 Å². The minimum atomic E-state index is -0.721. The Hall–Kier alpha value is -4.39. The van der Waals surface area contributed by atoms with Gasteiger partial charge in [-0.25, -0.2) is 28.7 Å². The second-order valence-corrected chi connectivity index (χ2v) is 15.7. The first-order valence-corrected chi connectivity index (χ1v) is 18.2. The number of hydrogen-bond acceptors (Lipinski definition) is 9. The van der Waals surface area contributed by atoms with Crippen LogP contribution in [0.25, 0.3) is 21.9 Å². The predicted molar refractivity (Wildman–Crippen MR) is 198 cm³/mol. The fourth-order valence-electron chi connectivity index (χ4n) is 6.78. The molecule has 52 heavy (non-hydrogen) atoms. The van der Waals surface area contributed by atoms with Gasteiger partial charge < -0.3 is 23.8 Å². The molecule has 12 nitrogen and oxygen atoms in total. The summed E-state index contributed by atoms with van der Waals surface area (Å²) in [5.74, 6) is -0.226. The summed E-state index contributed by atoms with van der Waals surface area (Å²) in [7, 11) is 0. The van der Waals surface area contributed by atoms with Crippen LogP contribution < -0.4 is 15.0 Å². The number of anilines is 2. The number of benzene rings is 1. The van der Waals surface area contributed by atoms with Crippen LogP contribution in [0.1, 0.15) is 86.6 Å². The maximum atomic E-state index is 15.8. The van der Waals surface area contributed by atoms with E-state index in [1.54, 1.807) is 44.7 Å². The third-order valence-electron chi connectivity index (χ3n) is 9.20. The maximum absolute atomic E-state index is 15.8. The molecule has 3 aromatic rings. The summed E-state index contributed by atoms with van der Waals surface area (Å²) < 4.78 is 38.4. The number of halogens is 2. The first kappa shape index (κ1) is 38.8. The summed E-state index contributed by atoms with van der Waals surface area (Å²) in [6, 6.07) is 3.20. The van der Waals surface area contributed by atoms with Gasteiger partial charge in [0.25, 0.3) is 0 Å². The monoisotopic (exact) mass is 741 g/mol. The van der Waals surface area contributed by atoms with Crippen LogP contribution in [0, 0.1) is 18.2 Å². The summed E-state index contributed by atoms with van der Waals surface area (Å²) in [4.78, 5) is 50.3. The van der Waals surface area contributed by atoms with Crippen LogP contribution in [0.2, 0.25) is 5.02 Å². The number of carbonyl (C=O) groups is 3. The van der Waals surface area contributed by atoms with E-state index in [0.29, 0.717) is 40.7 Å². The number of ether oxygens (including phenoxy) is 4. The highest BCUT2D eigenvalue weighted by atomic mass is 35.5. The number of aromatic nitrogens is 2. The van der Waals surface area contributed by atoms with Gasteiger partial charge in [-0.1, -0.05) is 25.4 Å². The zero-order chi connectivity index (χ0) is 38.2. The second-order valence-electron chi connectivity index (χ2n) is 15.3. The lowest BCUT2D eigenvalue weighted by Gasteiger charge is -2.51. The number of amides is 3. The Balaban J connectivity index is 0.00000257. The molecule has 4 heterocycles. The Morgan fingerprint density at radius 3 is 2.21 bits per heavy atom. The van der Waals surface area contributed by atoms with Gasteiger partial charge in [-0.2, -0.15) is 0 Å². The SMILES string of the molecule is CC.Cc1c(-c2cc3cc(NC(=O)OC4CC5(CCN(C(=O)OC(C)(C)C)CC5)C4)ncc3c(Cl)c2F)cnc2c1N(C(=O)OC(C)(C)C)CCO2. The predicted octanol–water partition coefficient (Wildman–Crippen LogP) is 9.29. The van der Waals surface area contributed by atoms with E-state index in [1.807, 2.05) is 34.6 Å². The molecule has 1 saturated carbocycles. The van der Waals surface area contributed by atoms with Gasteiger partial charge in [0.2, 0.25) is 5.88 Å². The van der Waals surface area contributed by atoms with Crippen LogP contribution in [0.5, 0.6) is 5.88 Å². The van der Waals surface area contributed by atoms with E-state index in [0.717, 1.165) is 25.7 Å². The van der Waals surface area contributed by atoms with Gasteiger partial charge in [0, 0.05) is 42.0 Å². The normalized spacial score (nSPS) is 16.9. The van der Waals surface area contributed by atoms with Crippen molar-refractivity contribution in [1.82, 2.24) is 14.9 Å². The van der Waals surface area contributed by atoms with Crippen LogP contribution in [0.15, 0.2) is 24.5 Å². The first-order chi connectivity index (χ1) is 24.4. The number of piperidine rings is 1. The van der Waals surface area contributed by atoms with Gasteiger partial charge in [0.05, 0.1) is 11.6 Å². The molecular formula is C38H49ClFN5O7. The van der Waals surface area contributed by atoms with Gasteiger partial charge in [0.1, 0.15) is 41.2 Å². The highest BCUT2D eigenvalue weighted by molar-refractivity contribution is 6.36. The average molecular weight is 742 g/mol. The van der Waals surface area contributed by atoms with Gasteiger partial charge in [-0.15, -0.1) is 0 Å². The second kappa shape index (κ2) is 14.9. The largest absolute Gasteiger partial charge is 0.474 e. The minimum Gasteiger partial charge on any atom is -0.474 e. The van der Waals surface area contributed by atoms with E-state index in [-0.39, 0.29) is 53.0 Å². The molecule has 2 fully saturated rings. The lowest BCUT2D eigenvalue weighted by molar-refractivity contribution is -0.0717. The molecule has 1 spiro atoms. The number of hydrogen-bond donors (Lipinski definition) is 1. The molecule has 3 amide bonds. The van der Waals surface area contributed by atoms with Crippen molar-refractivity contribution >= 4 is 52.2 Å². The lowest BCUT2D eigenvalue weighted by Crippen LogP contribution is -2.52. The van der Waals surface area contributed by atoms with E-state index in [2.05, 4.69) is 15.3 Å². The van der Waals surface area contributed by atoms with Crippen LogP contribution in [0.3, 0.4) is 0 Å². The molecule has 6 rings (SSSR count). The number of nitrogens with zero attached hydrogens (tertiary/aromatic N) is 4. The van der Waals surface area contributed by atoms with Crippen molar-refractivity contribution in [2.45, 2.75) is 105 Å². The molecule has 3 aliphatic rings. The van der Waals surface area contributed by atoms with Crippen molar-refractivity contribution in [2.75, 3.05) is 36.5 Å². The Bertz CT molecular complexity index is 1840. The summed E-state index contributed by atoms with van der Waals surface area (Å²) >= 11 is 6.52. The summed E-state index contributed by atoms with van der Waals surface area (Å²) in [5, 5.41) is 3.42. The van der Waals surface area contributed by atoms with Gasteiger partial charge in [-0.05, 0) is 103 Å². The Kier molecular flexibility index (Phi) is 11.1. The van der Waals surface area contributed by atoms with Gasteiger partial charge in [0.15, 0.2) is 0 Å². The molecular weight excluding hydrogens is 693 g/mol. The summed E-state index contributed by atoms with van der Waals surface area (Å²) in [5.41, 5.74) is 0.293. The van der Waals surface area contributed by atoms with Crippen molar-refractivity contribution in [3.8, 4) is 17.0 Å². The standard InChI is InChI=1S/C36H43ClFN5O7.C2H6/c1-20-24(18-40-30-29(20)43(12-13-47-30)33(46)50-35(5,6)7)23-14-21-15-26(39-19-25(21)27(37)28(23)38)41-31(44)48-22-16-36(17-22)8-10-42(11-9-36)32(45)49-34(2,3)4;1-2/h14-15,18-19,22H,8-13,16-17H2,1-7H3,(H,39,41,44);1-2H3. The molecule has 0 unspecified atom stereocenters. The molecule has 1 saturated heterocycles. The summed E-state index contributed by atoms with van der Waals surface area (Å²) in [6.07, 6.45) is 4.21. The summed E-state index contributed by atoms with van der Waals surface area (Å²) in [6.45, 7) is 18.3. The van der Waals surface area contributed by atoms with E-state index >= 15 is 4.39 Å². The third kappa shape index (κ3) is 8.46. The minimum absolute atomic E-state index is 0.0433. The fraction of sp³-hybridized carbons (Fsp3) is 0.553. The zero-order valence-corrected chi connectivity index (χ0v) is 32.2. The smallest absolute Gasteiger partial charge is 0.415 e. The van der Waals surface area contributed by atoms with Crippen molar-refractivity contribution in [3.63, 3.8) is 0 Å². The highest BCUT2D eigenvalue weighted by Gasteiger charge is 2.48. The molecule has 0 radical (unpaired) electrons. The van der Waals surface area contributed by atoms with E-state index in [4.69, 9.17) is 30.5 Å². The number of pyridine rings is 2. The molecule has 0 atom stereocenters. The molecule has 0 bridgehead atoms. The number of fused-ring (bicyclic) bond motifs is 2. The van der Waals surface area contributed by atoms with Crippen LogP contribution in [-0.4, -0.2) is 76.7 Å². The molecule has 1 aromatic carbocycles. The Morgan fingerprint density at radius 1 is 0.942 bits per heavy atom. The number of rotatable bonds is 3. The maximum Gasteiger partial charge on any atom is 0.415 e. The van der Waals surface area contributed by atoms with Gasteiger partial charge >= 0.3 is 18.3 Å². The molecule has 2 aromatic heterocycles. The van der Waals surface area contributed by atoms with Crippen LogP contribution in [-0.2, 0) is 14.2 Å². The van der Waals surface area contributed by atoms with E-state index < -0.39 is 29.2 Å². The zero-order valence-electron chi connectivity index (χ0n) is 31.4. The average Bonchev–Trinajstić information content (AvgIpc) is 3.05. The first-order valence-electron chi connectivity index (χ1n) is 17.8. The van der Waals surface area contributed by atoms with Crippen LogP contribution in [0.4, 0.5) is 30.3 Å². The molecule has 282 valence electrons. The highest BCUT2D eigenvalue weighted by Crippen LogP contribution is 2.50. The lowest BCUT2D eigenvalue weighted by atomic mass is 9.61. The third-order valence-corrected chi connectivity index (χ3v) is 9.57. The number of likely N-dealkylation sites (tertiary alicyclic amines) is 1. The quantitative estimate of drug-likeness (QED) is 0.261. The molecule has 1 aliphatic carbocycles. The van der Waals surface area contributed by atoms with Crippen molar-refractivity contribution in [2.24, 2.45) is 5.41 Å². The Morgan fingerprint density at radius 2 is 1.58 bits per heavy atom. The van der Waals surface area contributed by atoms with Crippen LogP contribution >= 0.6 is 11.6 Å². The van der Waals surface area contributed by atoms with Crippen molar-refractivity contribution < 1.29 is 37.7 Å². The fourth-order valence-corrected chi connectivity index (χ4v) is 7.04. The number of carbonyl (C=O) groups excluding carboxylic acids is 3.